The van der Waals surface area contributed by atoms with Crippen molar-refractivity contribution in [1.29, 1.82) is 0 Å². The maximum atomic E-state index is 10.4. The van der Waals surface area contributed by atoms with E-state index in [1.807, 2.05) is 0 Å². The fourth-order valence-electron chi connectivity index (χ4n) is 0.831. The van der Waals surface area contributed by atoms with Crippen LogP contribution in [0.3, 0.4) is 0 Å². The van der Waals surface area contributed by atoms with E-state index >= 15 is 0 Å². The zero-order valence-electron chi connectivity index (χ0n) is 13.3. The molecule has 0 aromatic rings. The van der Waals surface area contributed by atoms with E-state index in [2.05, 4.69) is 29.9 Å². The molecule has 0 unspecified atom stereocenters. The first-order valence-electron chi connectivity index (χ1n) is 6.27. The number of hydrogen-bond acceptors (Lipinski definition) is 7. The Hall–Kier alpha value is -1.23. The van der Waals surface area contributed by atoms with E-state index in [-0.39, 0.29) is 24.4 Å². The van der Waals surface area contributed by atoms with E-state index in [0.29, 0.717) is 13.2 Å². The van der Waals surface area contributed by atoms with E-state index in [4.69, 9.17) is 0 Å². The molecule has 0 amide bonds. The molecular weight excluding hydrogens is 295 g/mol. The Morgan fingerprint density at radius 3 is 1.19 bits per heavy atom. The van der Waals surface area contributed by atoms with Gasteiger partial charge in [-0.15, -0.1) is 0 Å². The number of carbonyl (C=O) groups excluding carboxylic acids is 4. The molecule has 21 heavy (non-hydrogen) atoms. The Labute approximate surface area is 134 Å². The van der Waals surface area contributed by atoms with Gasteiger partial charge in [0, 0.05) is 7.11 Å². The third kappa shape index (κ3) is 32.4. The van der Waals surface area contributed by atoms with Crippen LogP contribution in [0, 0.1) is 0 Å². The lowest BCUT2D eigenvalue weighted by molar-refractivity contribution is -0.146. The number of carbonyl (C=O) groups is 4. The largest absolute Gasteiger partial charge is 0.518 e. The van der Waals surface area contributed by atoms with Gasteiger partial charge in [-0.25, -0.2) is 0 Å². The predicted octanol–water partition coefficient (Wildman–Crippen LogP) is 0.773. The fraction of sp³-hybridized carbons (Fsp3) is 0.692. The summed E-state index contributed by atoms with van der Waals surface area (Å²) >= 11 is 2.08. The van der Waals surface area contributed by atoms with Gasteiger partial charge in [0.15, 0.2) is 0 Å². The molecule has 0 aliphatic rings. The van der Waals surface area contributed by atoms with Crippen molar-refractivity contribution in [1.82, 2.24) is 0 Å². The van der Waals surface area contributed by atoms with Gasteiger partial charge < -0.3 is 13.3 Å². The highest BCUT2D eigenvalue weighted by atomic mass is 27.1. The molecule has 7 nitrogen and oxygen atoms in total. The first kappa shape index (κ1) is 24.8. The highest BCUT2D eigenvalue weighted by Gasteiger charge is 2.03. The highest BCUT2D eigenvalue weighted by molar-refractivity contribution is 5.97. The minimum atomic E-state index is -0.440. The molecule has 0 aromatic carbocycles. The highest BCUT2D eigenvalue weighted by Crippen LogP contribution is 1.86. The van der Waals surface area contributed by atoms with Crippen LogP contribution >= 0.6 is 0 Å². The molecule has 0 rings (SSSR count). The number of hydrogen-bond donors (Lipinski definition) is 0. The van der Waals surface area contributed by atoms with Crippen LogP contribution in [-0.4, -0.2) is 60.5 Å². The second-order valence-corrected chi connectivity index (χ2v) is 4.07. The van der Waals surface area contributed by atoms with Crippen molar-refractivity contribution in [2.24, 2.45) is 0 Å². The summed E-state index contributed by atoms with van der Waals surface area (Å²) < 4.78 is 13.2. The Morgan fingerprint density at radius 2 is 1.05 bits per heavy atom. The summed E-state index contributed by atoms with van der Waals surface area (Å²) in [5, 5.41) is 0. The van der Waals surface area contributed by atoms with E-state index in [1.165, 1.54) is 13.8 Å². The summed E-state index contributed by atoms with van der Waals surface area (Å²) in [7, 11) is 1.59. The Kier molecular flexibility index (Phi) is 22.1. The van der Waals surface area contributed by atoms with Crippen molar-refractivity contribution >= 4 is 40.1 Å². The Morgan fingerprint density at radius 1 is 0.810 bits per heavy atom. The van der Waals surface area contributed by atoms with E-state index in [9.17, 15) is 19.2 Å². The van der Waals surface area contributed by atoms with Crippen molar-refractivity contribution in [3.63, 3.8) is 0 Å². The van der Waals surface area contributed by atoms with Gasteiger partial charge in [-0.2, -0.15) is 0 Å². The number of ketones is 2. The van der Waals surface area contributed by atoms with Crippen molar-refractivity contribution in [2.75, 3.05) is 20.3 Å². The van der Waals surface area contributed by atoms with E-state index in [1.54, 1.807) is 21.0 Å². The Bertz CT molecular complexity index is 286. The van der Waals surface area contributed by atoms with Crippen LogP contribution in [0.5, 0.6) is 0 Å². The summed E-state index contributed by atoms with van der Waals surface area (Å²) in [6.07, 6.45) is -0.207. The zero-order chi connectivity index (χ0) is 17.3. The molecule has 0 saturated heterocycles. The topological polar surface area (TPSA) is 96.0 Å². The first-order chi connectivity index (χ1) is 9.74. The van der Waals surface area contributed by atoms with Crippen LogP contribution in [0.2, 0.25) is 0 Å². The van der Waals surface area contributed by atoms with Gasteiger partial charge in [-0.1, -0.05) is 0 Å². The molecule has 0 spiro atoms. The van der Waals surface area contributed by atoms with Gasteiger partial charge in [-0.3, -0.25) is 19.2 Å². The molecule has 0 saturated carbocycles. The Balaban J connectivity index is -0.000000260. The molecule has 0 heterocycles. The molecular formula is C13H23AlO7. The third-order valence-electron chi connectivity index (χ3n) is 1.40. The van der Waals surface area contributed by atoms with Crippen LogP contribution < -0.4 is 0 Å². The number of rotatable bonds is 6. The third-order valence-corrected chi connectivity index (χ3v) is 1.40. The number of Topliss-reactive ketones (excluding diaryl/α,β-unsaturated/α-hetero) is 2. The van der Waals surface area contributed by atoms with Gasteiger partial charge in [0.2, 0.25) is 0 Å². The average molecular weight is 318 g/mol. The molecule has 120 valence electrons. The van der Waals surface area contributed by atoms with Crippen LogP contribution in [0.4, 0.5) is 0 Å². The summed E-state index contributed by atoms with van der Waals surface area (Å²) in [5.74, 6) is -1.20. The number of ether oxygens (including phenoxy) is 2. The number of esters is 2. The molecule has 2 radical (unpaired) electrons. The SMILES string of the molecule is CCOC(=O)CC(C)=O.CCOC(=O)CC(C)=O.C[O][Al]. The first-order valence-corrected chi connectivity index (χ1v) is 6.75. The monoisotopic (exact) mass is 318 g/mol. The van der Waals surface area contributed by atoms with E-state index < -0.39 is 11.9 Å². The summed E-state index contributed by atoms with van der Waals surface area (Å²) in [6.45, 7) is 6.81. The molecule has 0 aliphatic carbocycles. The summed E-state index contributed by atoms with van der Waals surface area (Å²) in [5.41, 5.74) is 0. The van der Waals surface area contributed by atoms with Crippen molar-refractivity contribution in [3.8, 4) is 0 Å². The molecule has 0 atom stereocenters. The molecule has 0 aromatic heterocycles. The second-order valence-electron chi connectivity index (χ2n) is 3.60. The van der Waals surface area contributed by atoms with Gasteiger partial charge in [0.25, 0.3) is 0 Å². The quantitative estimate of drug-likeness (QED) is 0.405. The summed E-state index contributed by atoms with van der Waals surface area (Å²) in [4.78, 5) is 41.3. The second kappa shape index (κ2) is 18.8. The average Bonchev–Trinajstić information content (AvgIpc) is 2.29. The normalized spacial score (nSPS) is 8.24. The maximum Gasteiger partial charge on any atom is 0.368 e. The minimum absolute atomic E-state index is 0.103. The molecule has 8 heteroatoms. The van der Waals surface area contributed by atoms with Crippen molar-refractivity contribution in [3.05, 3.63) is 0 Å². The van der Waals surface area contributed by atoms with Crippen LogP contribution in [0.1, 0.15) is 40.5 Å². The van der Waals surface area contributed by atoms with Gasteiger partial charge in [0.05, 0.1) is 13.2 Å². The molecule has 0 aliphatic heterocycles. The van der Waals surface area contributed by atoms with Gasteiger partial charge in [0.1, 0.15) is 24.4 Å². The van der Waals surface area contributed by atoms with Crippen molar-refractivity contribution < 1.29 is 32.4 Å². The van der Waals surface area contributed by atoms with E-state index in [0.717, 1.165) is 0 Å². The maximum absolute atomic E-state index is 10.4. The summed E-state index contributed by atoms with van der Waals surface area (Å²) in [6, 6.07) is 0. The zero-order valence-corrected chi connectivity index (χ0v) is 14.4. The van der Waals surface area contributed by atoms with Gasteiger partial charge in [-0.05, 0) is 27.7 Å². The van der Waals surface area contributed by atoms with Gasteiger partial charge >= 0.3 is 28.6 Å². The fourth-order valence-corrected chi connectivity index (χ4v) is 0.831. The van der Waals surface area contributed by atoms with Crippen LogP contribution in [-0.2, 0) is 32.4 Å². The van der Waals surface area contributed by atoms with Crippen LogP contribution in [0.15, 0.2) is 0 Å². The minimum Gasteiger partial charge on any atom is -0.518 e. The molecule has 0 N–H and O–H groups in total. The lowest BCUT2D eigenvalue weighted by atomic mass is 10.3. The lowest BCUT2D eigenvalue weighted by Crippen LogP contribution is -2.07. The molecule has 0 bridgehead atoms. The molecule has 0 fully saturated rings. The van der Waals surface area contributed by atoms with Crippen molar-refractivity contribution in [2.45, 2.75) is 40.5 Å². The lowest BCUT2D eigenvalue weighted by Gasteiger charge is -1.96. The standard InChI is InChI=1S/2C6H10O3.CH3O.Al/c2*1-3-9-6(8)4-5(2)7;1-2;/h2*3-4H2,1-2H3;1H3;/q;;-1;+1. The smallest absolute Gasteiger partial charge is 0.368 e. The predicted molar refractivity (Wildman–Crippen MR) is 76.6 cm³/mol. The van der Waals surface area contributed by atoms with Crippen LogP contribution in [0.25, 0.3) is 0 Å².